The molecule has 140 valence electrons. The average molecular weight is 376 g/mol. The Kier molecular flexibility index (Phi) is 4.23. The number of nitro benzene ring substituents is 1. The van der Waals surface area contributed by atoms with Crippen molar-refractivity contribution in [2.45, 2.75) is 13.3 Å². The van der Waals surface area contributed by atoms with Gasteiger partial charge in [0.15, 0.2) is 5.69 Å². The average Bonchev–Trinajstić information content (AvgIpc) is 3.12. The maximum Gasteiger partial charge on any atom is 0.294 e. The molecule has 0 saturated heterocycles. The lowest BCUT2D eigenvalue weighted by atomic mass is 10.2. The summed E-state index contributed by atoms with van der Waals surface area (Å²) in [6.45, 7) is 2.07. The summed E-state index contributed by atoms with van der Waals surface area (Å²) in [5, 5.41) is 15.6. The number of anilines is 1. The van der Waals surface area contributed by atoms with E-state index in [0.717, 1.165) is 11.3 Å². The third-order valence-electron chi connectivity index (χ3n) is 4.75. The van der Waals surface area contributed by atoms with Crippen molar-refractivity contribution in [3.63, 3.8) is 0 Å². The van der Waals surface area contributed by atoms with E-state index in [4.69, 9.17) is 0 Å². The van der Waals surface area contributed by atoms with Gasteiger partial charge in [0.25, 0.3) is 11.6 Å². The Labute approximate surface area is 159 Å². The number of fused-ring (bicyclic) bond motifs is 1. The lowest BCUT2D eigenvalue weighted by Gasteiger charge is -2.17. The van der Waals surface area contributed by atoms with Gasteiger partial charge in [-0.05, 0) is 31.0 Å². The summed E-state index contributed by atoms with van der Waals surface area (Å²) >= 11 is 0. The number of nitrogens with zero attached hydrogens (tertiary/aromatic N) is 4. The molecule has 2 heterocycles. The van der Waals surface area contributed by atoms with Gasteiger partial charge < -0.3 is 4.90 Å². The summed E-state index contributed by atoms with van der Waals surface area (Å²) in [5.41, 5.74) is 1.45. The van der Waals surface area contributed by atoms with Crippen LogP contribution in [0.3, 0.4) is 0 Å². The summed E-state index contributed by atoms with van der Waals surface area (Å²) in [7, 11) is 0. The van der Waals surface area contributed by atoms with Gasteiger partial charge in [0, 0.05) is 30.1 Å². The van der Waals surface area contributed by atoms with E-state index in [1.165, 1.54) is 27.8 Å². The number of aromatic nitrogens is 2. The van der Waals surface area contributed by atoms with Crippen molar-refractivity contribution in [1.29, 1.82) is 0 Å². The third kappa shape index (κ3) is 2.84. The Balaban J connectivity index is 1.83. The predicted molar refractivity (Wildman–Crippen MR) is 103 cm³/mol. The standard InChI is InChI=1S/C20H16N4O4/c1-13-12-18(25)19(20(26)22-11-10-14-6-2-3-7-15(14)22)21-23(13)16-8-4-5-9-17(16)24(27)28/h2-9,12H,10-11H2,1H3. The molecular weight excluding hydrogens is 360 g/mol. The van der Waals surface area contributed by atoms with Gasteiger partial charge in [-0.1, -0.05) is 30.3 Å². The first-order valence-corrected chi connectivity index (χ1v) is 8.72. The molecule has 3 aromatic rings. The van der Waals surface area contributed by atoms with Crippen LogP contribution in [0, 0.1) is 17.0 Å². The number of nitro groups is 1. The molecule has 0 bridgehead atoms. The number of amides is 1. The van der Waals surface area contributed by atoms with Crippen LogP contribution in [-0.4, -0.2) is 27.2 Å². The minimum atomic E-state index is -0.521. The van der Waals surface area contributed by atoms with Gasteiger partial charge in [0.2, 0.25) is 5.43 Å². The second-order valence-electron chi connectivity index (χ2n) is 6.49. The molecule has 1 aliphatic rings. The zero-order valence-corrected chi connectivity index (χ0v) is 15.0. The van der Waals surface area contributed by atoms with Crippen LogP contribution in [0.25, 0.3) is 5.69 Å². The molecule has 1 aliphatic heterocycles. The van der Waals surface area contributed by atoms with Crippen molar-refractivity contribution >= 4 is 17.3 Å². The zero-order valence-electron chi connectivity index (χ0n) is 15.0. The molecule has 0 aliphatic carbocycles. The van der Waals surface area contributed by atoms with Crippen molar-refractivity contribution < 1.29 is 9.72 Å². The molecular formula is C20H16N4O4. The molecule has 1 amide bonds. The van der Waals surface area contributed by atoms with Gasteiger partial charge in [-0.15, -0.1) is 0 Å². The van der Waals surface area contributed by atoms with E-state index in [-0.39, 0.29) is 17.1 Å². The van der Waals surface area contributed by atoms with Crippen LogP contribution in [0.4, 0.5) is 11.4 Å². The minimum Gasteiger partial charge on any atom is -0.306 e. The van der Waals surface area contributed by atoms with Gasteiger partial charge in [-0.3, -0.25) is 19.7 Å². The fraction of sp³-hybridized carbons (Fsp3) is 0.150. The quantitative estimate of drug-likeness (QED) is 0.517. The zero-order chi connectivity index (χ0) is 19.8. The molecule has 8 heteroatoms. The summed E-state index contributed by atoms with van der Waals surface area (Å²) in [5.74, 6) is -0.512. The van der Waals surface area contributed by atoms with E-state index in [9.17, 15) is 19.7 Å². The molecule has 0 atom stereocenters. The fourth-order valence-corrected chi connectivity index (χ4v) is 3.41. The number of carbonyl (C=O) groups excluding carboxylic acids is 1. The van der Waals surface area contributed by atoms with Crippen molar-refractivity contribution in [2.75, 3.05) is 11.4 Å². The van der Waals surface area contributed by atoms with E-state index in [0.29, 0.717) is 18.7 Å². The third-order valence-corrected chi connectivity index (χ3v) is 4.75. The van der Waals surface area contributed by atoms with Crippen molar-refractivity contribution in [3.8, 4) is 5.69 Å². The lowest BCUT2D eigenvalue weighted by molar-refractivity contribution is -0.384. The van der Waals surface area contributed by atoms with E-state index in [1.54, 1.807) is 19.1 Å². The van der Waals surface area contributed by atoms with Crippen LogP contribution in [0.5, 0.6) is 0 Å². The monoisotopic (exact) mass is 376 g/mol. The Morgan fingerprint density at radius 2 is 1.79 bits per heavy atom. The largest absolute Gasteiger partial charge is 0.306 e. The normalized spacial score (nSPS) is 12.7. The van der Waals surface area contributed by atoms with Crippen LogP contribution in [0.15, 0.2) is 59.4 Å². The number of hydrogen-bond donors (Lipinski definition) is 0. The highest BCUT2D eigenvalue weighted by molar-refractivity contribution is 6.05. The van der Waals surface area contributed by atoms with Crippen LogP contribution >= 0.6 is 0 Å². The predicted octanol–water partition coefficient (Wildman–Crippen LogP) is 2.65. The maximum atomic E-state index is 13.1. The summed E-state index contributed by atoms with van der Waals surface area (Å²) in [6, 6.07) is 14.9. The summed E-state index contributed by atoms with van der Waals surface area (Å²) < 4.78 is 1.27. The fourth-order valence-electron chi connectivity index (χ4n) is 3.41. The second-order valence-corrected chi connectivity index (χ2v) is 6.49. The smallest absolute Gasteiger partial charge is 0.294 e. The Bertz CT molecular complexity index is 1170. The molecule has 2 aromatic carbocycles. The number of hydrogen-bond acceptors (Lipinski definition) is 5. The van der Waals surface area contributed by atoms with Crippen molar-refractivity contribution in [1.82, 2.24) is 9.78 Å². The first-order valence-electron chi connectivity index (χ1n) is 8.72. The molecule has 0 unspecified atom stereocenters. The lowest BCUT2D eigenvalue weighted by Crippen LogP contribution is -2.35. The van der Waals surface area contributed by atoms with Crippen molar-refractivity contribution in [2.24, 2.45) is 0 Å². The van der Waals surface area contributed by atoms with Crippen molar-refractivity contribution in [3.05, 3.63) is 91.9 Å². The number of aryl methyl sites for hydroxylation is 1. The second kappa shape index (κ2) is 6.73. The molecule has 4 rings (SSSR count). The molecule has 0 N–H and O–H groups in total. The number of para-hydroxylation sites is 3. The van der Waals surface area contributed by atoms with E-state index < -0.39 is 16.3 Å². The SMILES string of the molecule is Cc1cc(=O)c(C(=O)N2CCc3ccccc32)nn1-c1ccccc1[N+](=O)[O-]. The Morgan fingerprint density at radius 1 is 1.11 bits per heavy atom. The highest BCUT2D eigenvalue weighted by Crippen LogP contribution is 2.28. The number of benzene rings is 2. The van der Waals surface area contributed by atoms with Gasteiger partial charge in [0.1, 0.15) is 5.69 Å². The minimum absolute atomic E-state index is 0.160. The molecule has 0 fully saturated rings. The molecule has 8 nitrogen and oxygen atoms in total. The number of rotatable bonds is 3. The van der Waals surface area contributed by atoms with E-state index in [2.05, 4.69) is 5.10 Å². The summed E-state index contributed by atoms with van der Waals surface area (Å²) in [4.78, 5) is 37.9. The van der Waals surface area contributed by atoms with Crippen LogP contribution in [0.1, 0.15) is 21.7 Å². The Hall–Kier alpha value is -3.81. The van der Waals surface area contributed by atoms with E-state index in [1.807, 2.05) is 24.3 Å². The molecule has 0 radical (unpaired) electrons. The summed E-state index contributed by atoms with van der Waals surface area (Å²) in [6.07, 6.45) is 0.701. The maximum absolute atomic E-state index is 13.1. The van der Waals surface area contributed by atoms with Gasteiger partial charge in [-0.25, -0.2) is 4.68 Å². The van der Waals surface area contributed by atoms with Crippen LogP contribution in [-0.2, 0) is 6.42 Å². The first-order chi connectivity index (χ1) is 13.5. The topological polar surface area (TPSA) is 98.3 Å². The first kappa shape index (κ1) is 17.6. The highest BCUT2D eigenvalue weighted by Gasteiger charge is 2.29. The highest BCUT2D eigenvalue weighted by atomic mass is 16.6. The molecule has 28 heavy (non-hydrogen) atoms. The Morgan fingerprint density at radius 3 is 2.54 bits per heavy atom. The van der Waals surface area contributed by atoms with Gasteiger partial charge in [0.05, 0.1) is 4.92 Å². The molecule has 0 spiro atoms. The van der Waals surface area contributed by atoms with Crippen LogP contribution in [0.2, 0.25) is 0 Å². The molecule has 0 saturated carbocycles. The molecule has 1 aromatic heterocycles. The van der Waals surface area contributed by atoms with E-state index >= 15 is 0 Å². The van der Waals surface area contributed by atoms with Gasteiger partial charge >= 0.3 is 0 Å². The number of carbonyl (C=O) groups is 1. The van der Waals surface area contributed by atoms with Crippen LogP contribution < -0.4 is 10.3 Å². The van der Waals surface area contributed by atoms with Gasteiger partial charge in [-0.2, -0.15) is 5.10 Å².